The number of carbonyl (C=O) groups is 2. The largest absolute Gasteiger partial charge is 0.352 e. The number of benzene rings is 1. The van der Waals surface area contributed by atoms with E-state index < -0.39 is 17.2 Å². The number of aromatic nitrogens is 2. The number of amides is 1. The number of carbonyl (C=O) groups excluding carboxylic acids is 2. The average Bonchev–Trinajstić information content (AvgIpc) is 3.68. The van der Waals surface area contributed by atoms with Crippen LogP contribution >= 0.6 is 0 Å². The number of pyridine rings is 2. The summed E-state index contributed by atoms with van der Waals surface area (Å²) in [5.74, 6) is -1.04. The van der Waals surface area contributed by atoms with Gasteiger partial charge in [-0.05, 0) is 83.4 Å². The fourth-order valence-electron chi connectivity index (χ4n) is 7.34. The Morgan fingerprint density at radius 1 is 0.812 bits per heavy atom. The van der Waals surface area contributed by atoms with Crippen LogP contribution in [0.15, 0.2) is 36.4 Å². The smallest absolute Gasteiger partial charge is 0.273 e. The van der Waals surface area contributed by atoms with Crippen LogP contribution in [0.3, 0.4) is 0 Å². The number of rotatable bonds is 4. The zero-order chi connectivity index (χ0) is 36.0. The minimum absolute atomic E-state index is 0.00831. The van der Waals surface area contributed by atoms with Crippen molar-refractivity contribution in [2.24, 2.45) is 0 Å². The van der Waals surface area contributed by atoms with Crippen LogP contribution < -0.4 is 9.80 Å². The first-order chi connectivity index (χ1) is 22.9. The number of fused-ring (bicyclic) bond motifs is 2. The maximum Gasteiger partial charge on any atom is 0.273 e. The molecule has 0 atom stereocenters. The molecule has 3 aliphatic rings. The van der Waals surface area contributed by atoms with Crippen molar-refractivity contribution in [3.8, 4) is 0 Å². The van der Waals surface area contributed by atoms with Gasteiger partial charge in [0.25, 0.3) is 5.91 Å². The van der Waals surface area contributed by atoms with Crippen molar-refractivity contribution in [2.45, 2.75) is 113 Å². The van der Waals surface area contributed by atoms with E-state index in [1.165, 1.54) is 6.07 Å². The zero-order valence-electron chi connectivity index (χ0n) is 30.9. The molecule has 1 aromatic carbocycles. The first-order valence-electron chi connectivity index (χ1n) is 17.7. The van der Waals surface area contributed by atoms with Crippen molar-refractivity contribution in [1.82, 2.24) is 14.9 Å². The number of hydrogen-bond donors (Lipinski definition) is 0. The van der Waals surface area contributed by atoms with Crippen LogP contribution in [-0.4, -0.2) is 58.3 Å². The molecule has 0 unspecified atom stereocenters. The summed E-state index contributed by atoms with van der Waals surface area (Å²) in [4.78, 5) is 41.9. The molecule has 0 N–H and O–H groups in total. The third kappa shape index (κ3) is 7.40. The van der Waals surface area contributed by atoms with Crippen LogP contribution in [0.1, 0.15) is 126 Å². The van der Waals surface area contributed by atoms with Crippen LogP contribution in [0, 0.1) is 25.5 Å². The van der Waals surface area contributed by atoms with Gasteiger partial charge < -0.3 is 14.7 Å². The highest BCUT2D eigenvalue weighted by molar-refractivity contribution is 5.97. The Kier molecular flexibility index (Phi) is 12.9. The molecule has 1 amide bonds. The lowest BCUT2D eigenvalue weighted by atomic mass is 9.84. The molecule has 1 spiro atoms. The van der Waals surface area contributed by atoms with E-state index in [1.807, 2.05) is 77.3 Å². The minimum atomic E-state index is -0.877. The second-order valence-corrected chi connectivity index (χ2v) is 12.7. The predicted octanol–water partition coefficient (Wildman–Crippen LogP) is 9.36. The van der Waals surface area contributed by atoms with Crippen LogP contribution in [0.25, 0.3) is 0 Å². The summed E-state index contributed by atoms with van der Waals surface area (Å²) in [6, 6.07) is 9.63. The Balaban J connectivity index is 0.000000987. The van der Waals surface area contributed by atoms with Crippen molar-refractivity contribution in [3.05, 3.63) is 76.2 Å². The number of anilines is 3. The van der Waals surface area contributed by atoms with Crippen molar-refractivity contribution in [1.29, 1.82) is 0 Å². The number of piperazine rings is 1. The van der Waals surface area contributed by atoms with E-state index in [1.54, 1.807) is 19.1 Å². The fraction of sp³-hybridized carbons (Fsp3) is 0.538. The Labute approximate surface area is 286 Å². The maximum absolute atomic E-state index is 14.2. The second kappa shape index (κ2) is 16.0. The first-order valence-corrected chi connectivity index (χ1v) is 17.7. The van der Waals surface area contributed by atoms with Crippen LogP contribution in [0.4, 0.5) is 26.0 Å². The van der Waals surface area contributed by atoms with Gasteiger partial charge in [-0.15, -0.1) is 0 Å². The molecule has 262 valence electrons. The SMILES string of the molecule is CC.CC.CC.CC(=O)c1c(C)cc(N2CCN(C(=O)c3ccc4c(n3)C3(CCCC3)CN4c3ccc(F)c(F)c3)C(C)(C)C2)nc1C. The lowest BCUT2D eigenvalue weighted by molar-refractivity contribution is 0.0507. The molecule has 7 nitrogen and oxygen atoms in total. The Morgan fingerprint density at radius 3 is 2.02 bits per heavy atom. The van der Waals surface area contributed by atoms with Gasteiger partial charge >= 0.3 is 0 Å². The summed E-state index contributed by atoms with van der Waals surface area (Å²) in [6.07, 6.45) is 4.03. The fourth-order valence-corrected chi connectivity index (χ4v) is 7.34. The quantitative estimate of drug-likeness (QED) is 0.259. The predicted molar refractivity (Wildman–Crippen MR) is 193 cm³/mol. The molecule has 48 heavy (non-hydrogen) atoms. The third-order valence-electron chi connectivity index (χ3n) is 9.33. The molecule has 0 bridgehead atoms. The number of aryl methyl sites for hydroxylation is 2. The van der Waals surface area contributed by atoms with Gasteiger partial charge in [-0.1, -0.05) is 54.4 Å². The highest BCUT2D eigenvalue weighted by atomic mass is 19.2. The molecule has 2 aromatic heterocycles. The van der Waals surface area contributed by atoms with E-state index in [0.717, 1.165) is 60.2 Å². The van der Waals surface area contributed by atoms with Gasteiger partial charge in [-0.25, -0.2) is 18.7 Å². The molecule has 9 heteroatoms. The van der Waals surface area contributed by atoms with E-state index in [9.17, 15) is 18.4 Å². The van der Waals surface area contributed by atoms with E-state index in [-0.39, 0.29) is 17.1 Å². The van der Waals surface area contributed by atoms with E-state index in [0.29, 0.717) is 43.1 Å². The average molecular weight is 664 g/mol. The minimum Gasteiger partial charge on any atom is -0.352 e. The molecule has 0 radical (unpaired) electrons. The maximum atomic E-state index is 14.2. The first kappa shape index (κ1) is 38.6. The number of halogens is 2. The highest BCUT2D eigenvalue weighted by Gasteiger charge is 2.47. The highest BCUT2D eigenvalue weighted by Crippen LogP contribution is 2.52. The number of nitrogens with zero attached hydrogens (tertiary/aromatic N) is 5. The number of ketones is 1. The molecule has 1 aliphatic carbocycles. The molecule has 1 saturated heterocycles. The second-order valence-electron chi connectivity index (χ2n) is 12.7. The van der Waals surface area contributed by atoms with Crippen molar-refractivity contribution < 1.29 is 18.4 Å². The molecule has 2 fully saturated rings. The zero-order valence-corrected chi connectivity index (χ0v) is 30.9. The lowest BCUT2D eigenvalue weighted by Crippen LogP contribution is -2.61. The third-order valence-corrected chi connectivity index (χ3v) is 9.33. The van der Waals surface area contributed by atoms with E-state index in [2.05, 4.69) is 18.7 Å². The Morgan fingerprint density at radius 2 is 1.46 bits per heavy atom. The summed E-state index contributed by atoms with van der Waals surface area (Å²) in [6.45, 7) is 23.8. The van der Waals surface area contributed by atoms with Gasteiger partial charge in [0.15, 0.2) is 17.4 Å². The van der Waals surface area contributed by atoms with Crippen LogP contribution in [0.5, 0.6) is 0 Å². The van der Waals surface area contributed by atoms with Gasteiger partial charge in [0.2, 0.25) is 0 Å². The van der Waals surface area contributed by atoms with Gasteiger partial charge in [0, 0.05) is 48.9 Å². The molecule has 1 saturated carbocycles. The molecular formula is C39H55F2N5O2. The Hall–Kier alpha value is -3.88. The summed E-state index contributed by atoms with van der Waals surface area (Å²) < 4.78 is 27.9. The summed E-state index contributed by atoms with van der Waals surface area (Å²) in [5.41, 5.74) is 4.31. The van der Waals surface area contributed by atoms with Crippen LogP contribution in [0.2, 0.25) is 0 Å². The van der Waals surface area contributed by atoms with Crippen molar-refractivity contribution in [2.75, 3.05) is 36.0 Å². The van der Waals surface area contributed by atoms with Crippen molar-refractivity contribution >= 4 is 28.9 Å². The number of Topliss-reactive ketones (excluding diaryl/α,β-unsaturated/α-hetero) is 1. The molecule has 4 heterocycles. The summed E-state index contributed by atoms with van der Waals surface area (Å²) in [5, 5.41) is 0. The Bertz CT molecular complexity index is 1580. The van der Waals surface area contributed by atoms with Gasteiger partial charge in [0.05, 0.1) is 22.6 Å². The van der Waals surface area contributed by atoms with Gasteiger partial charge in [-0.3, -0.25) is 9.59 Å². The molecule has 3 aromatic rings. The van der Waals surface area contributed by atoms with Gasteiger partial charge in [-0.2, -0.15) is 0 Å². The molecule has 6 rings (SSSR count). The summed E-state index contributed by atoms with van der Waals surface area (Å²) in [7, 11) is 0. The van der Waals surface area contributed by atoms with Crippen molar-refractivity contribution in [3.63, 3.8) is 0 Å². The van der Waals surface area contributed by atoms with E-state index >= 15 is 0 Å². The van der Waals surface area contributed by atoms with Gasteiger partial charge in [0.1, 0.15) is 11.5 Å². The normalized spacial score (nSPS) is 17.0. The molecule has 2 aliphatic heterocycles. The lowest BCUT2D eigenvalue weighted by Gasteiger charge is -2.47. The standard InChI is InChI=1S/C33H37F2N5O2.3C2H6/c1-20-16-28(36-21(2)29(20)22(3)41)38-14-15-40(32(4,5)18-38)31(42)26-10-11-27-30(37-26)33(12-6-7-13-33)19-39(27)23-8-9-24(34)25(35)17-23;3*1-2/h8-11,16-17H,6-7,12-15,18-19H2,1-5H3;3*1-2H3. The summed E-state index contributed by atoms with van der Waals surface area (Å²) >= 11 is 0. The number of hydrogen-bond acceptors (Lipinski definition) is 6. The van der Waals surface area contributed by atoms with Crippen LogP contribution in [-0.2, 0) is 5.41 Å². The van der Waals surface area contributed by atoms with E-state index in [4.69, 9.17) is 9.97 Å². The monoisotopic (exact) mass is 663 g/mol. The topological polar surface area (TPSA) is 69.6 Å². The molecular weight excluding hydrogens is 608 g/mol.